The second-order valence-electron chi connectivity index (χ2n) is 6.47. The molecule has 5 heteroatoms. The van der Waals surface area contributed by atoms with Gasteiger partial charge in [-0.15, -0.1) is 0 Å². The van der Waals surface area contributed by atoms with E-state index in [1.165, 1.54) is 6.92 Å². The van der Waals surface area contributed by atoms with Crippen molar-refractivity contribution >= 4 is 5.97 Å². The first-order valence-corrected chi connectivity index (χ1v) is 6.88. The number of fused-ring (bicyclic) bond motifs is 3. The fraction of sp³-hybridized carbons (Fsp3) is 0.667. The van der Waals surface area contributed by atoms with Crippen LogP contribution in [0.15, 0.2) is 23.8 Å². The largest absolute Gasteiger partial charge is 0.459 e. The third kappa shape index (κ3) is 1.51. The highest BCUT2D eigenvalue weighted by Gasteiger charge is 2.64. The van der Waals surface area contributed by atoms with E-state index in [1.807, 2.05) is 13.0 Å². The Morgan fingerprint density at radius 2 is 2.10 bits per heavy atom. The van der Waals surface area contributed by atoms with Crippen molar-refractivity contribution in [3.05, 3.63) is 23.8 Å². The van der Waals surface area contributed by atoms with E-state index in [2.05, 4.69) is 6.58 Å². The lowest BCUT2D eigenvalue weighted by Gasteiger charge is -2.35. The van der Waals surface area contributed by atoms with E-state index in [0.29, 0.717) is 12.0 Å². The number of carbonyl (C=O) groups excluding carboxylic acids is 1. The molecule has 20 heavy (non-hydrogen) atoms. The monoisotopic (exact) mass is 280 g/mol. The molecule has 3 N–H and O–H groups in total. The summed E-state index contributed by atoms with van der Waals surface area (Å²) < 4.78 is 5.34. The zero-order chi connectivity index (χ0) is 14.9. The molecule has 1 heterocycles. The minimum Gasteiger partial charge on any atom is -0.459 e. The lowest BCUT2D eigenvalue weighted by Crippen LogP contribution is -2.47. The number of hydrogen-bond acceptors (Lipinski definition) is 5. The highest BCUT2D eigenvalue weighted by Crippen LogP contribution is 2.53. The maximum Gasteiger partial charge on any atom is 0.338 e. The zero-order valence-corrected chi connectivity index (χ0v) is 11.7. The van der Waals surface area contributed by atoms with Crippen LogP contribution in [0.25, 0.3) is 0 Å². The molecule has 1 saturated carbocycles. The molecule has 5 nitrogen and oxygen atoms in total. The van der Waals surface area contributed by atoms with Crippen LogP contribution in [0.1, 0.15) is 26.7 Å². The van der Waals surface area contributed by atoms with Crippen molar-refractivity contribution in [2.45, 2.75) is 50.1 Å². The van der Waals surface area contributed by atoms with Gasteiger partial charge in [0.15, 0.2) is 5.60 Å². The van der Waals surface area contributed by atoms with E-state index in [0.717, 1.165) is 5.57 Å². The number of hydrogen-bond donors (Lipinski definition) is 3. The number of esters is 1. The van der Waals surface area contributed by atoms with Crippen LogP contribution in [-0.2, 0) is 9.53 Å². The fourth-order valence-corrected chi connectivity index (χ4v) is 4.04. The molecule has 0 amide bonds. The van der Waals surface area contributed by atoms with Gasteiger partial charge in [-0.05, 0) is 32.3 Å². The number of carbonyl (C=O) groups is 1. The topological polar surface area (TPSA) is 87.0 Å². The molecular weight excluding hydrogens is 260 g/mol. The molecule has 0 bridgehead atoms. The van der Waals surface area contributed by atoms with Crippen molar-refractivity contribution < 1.29 is 24.9 Å². The van der Waals surface area contributed by atoms with E-state index >= 15 is 0 Å². The highest BCUT2D eigenvalue weighted by molar-refractivity contribution is 5.82. The Labute approximate surface area is 117 Å². The Morgan fingerprint density at radius 3 is 2.75 bits per heavy atom. The standard InChI is InChI=1S/C15H20O5/c1-7-4-5-15(19)8(2)6-9(16)11-12(10(7)15)20-13(17)14(11,3)18/h4,9-12,16,18-19H,2,5-6H2,1,3H3/t9-,10+,11+,12+,14+,15+/m0/s1. The van der Waals surface area contributed by atoms with Crippen molar-refractivity contribution in [2.75, 3.05) is 0 Å². The second-order valence-corrected chi connectivity index (χ2v) is 6.47. The van der Waals surface area contributed by atoms with Crippen molar-refractivity contribution in [1.29, 1.82) is 0 Å². The van der Waals surface area contributed by atoms with Gasteiger partial charge in [0.25, 0.3) is 0 Å². The SMILES string of the molecule is C=C1C[C@H](O)[C@@H]2[C@H](OC(=O)[C@]2(C)O)[C@H]2C(C)=CC[C@@]12O. The first-order valence-electron chi connectivity index (χ1n) is 6.88. The summed E-state index contributed by atoms with van der Waals surface area (Å²) in [5, 5.41) is 31.6. The second kappa shape index (κ2) is 3.93. The Hall–Kier alpha value is -1.17. The Balaban J connectivity index is 2.12. The molecule has 2 fully saturated rings. The minimum atomic E-state index is -1.74. The summed E-state index contributed by atoms with van der Waals surface area (Å²) >= 11 is 0. The number of aliphatic hydroxyl groups excluding tert-OH is 1. The van der Waals surface area contributed by atoms with Gasteiger partial charge in [0.05, 0.1) is 23.5 Å². The summed E-state index contributed by atoms with van der Waals surface area (Å²) in [6.45, 7) is 7.13. The number of rotatable bonds is 0. The molecule has 0 aromatic carbocycles. The lowest BCUT2D eigenvalue weighted by molar-refractivity contribution is -0.156. The van der Waals surface area contributed by atoms with Crippen LogP contribution in [0.2, 0.25) is 0 Å². The molecule has 1 saturated heterocycles. The molecule has 110 valence electrons. The Morgan fingerprint density at radius 1 is 1.45 bits per heavy atom. The number of ether oxygens (including phenoxy) is 1. The molecular formula is C15H20O5. The summed E-state index contributed by atoms with van der Waals surface area (Å²) in [6.07, 6.45) is 0.776. The van der Waals surface area contributed by atoms with Crippen LogP contribution in [0.3, 0.4) is 0 Å². The van der Waals surface area contributed by atoms with Crippen LogP contribution < -0.4 is 0 Å². The summed E-state index contributed by atoms with van der Waals surface area (Å²) in [4.78, 5) is 11.9. The summed E-state index contributed by atoms with van der Waals surface area (Å²) in [7, 11) is 0. The van der Waals surface area contributed by atoms with E-state index in [9.17, 15) is 20.1 Å². The van der Waals surface area contributed by atoms with Crippen LogP contribution >= 0.6 is 0 Å². The predicted molar refractivity (Wildman–Crippen MR) is 70.6 cm³/mol. The molecule has 0 aromatic rings. The quantitative estimate of drug-likeness (QED) is 0.439. The van der Waals surface area contributed by atoms with Gasteiger partial charge < -0.3 is 20.1 Å². The van der Waals surface area contributed by atoms with Gasteiger partial charge in [0, 0.05) is 0 Å². The molecule has 2 aliphatic carbocycles. The van der Waals surface area contributed by atoms with E-state index in [4.69, 9.17) is 4.74 Å². The van der Waals surface area contributed by atoms with Gasteiger partial charge >= 0.3 is 5.97 Å². The third-order valence-corrected chi connectivity index (χ3v) is 5.21. The normalized spacial score (nSPS) is 51.1. The number of aliphatic hydroxyl groups is 3. The first kappa shape index (κ1) is 13.8. The Kier molecular flexibility index (Phi) is 2.71. The molecule has 0 aromatic heterocycles. The molecule has 1 aliphatic heterocycles. The zero-order valence-electron chi connectivity index (χ0n) is 11.7. The van der Waals surface area contributed by atoms with Crippen molar-refractivity contribution in [3.8, 4) is 0 Å². The molecule has 3 aliphatic rings. The molecule has 0 spiro atoms. The van der Waals surface area contributed by atoms with Crippen LogP contribution in [-0.4, -0.2) is 44.7 Å². The maximum absolute atomic E-state index is 11.9. The Bertz CT molecular complexity index is 520. The van der Waals surface area contributed by atoms with E-state index in [1.54, 1.807) is 0 Å². The lowest BCUT2D eigenvalue weighted by atomic mass is 9.75. The molecule has 0 radical (unpaired) electrons. The fourth-order valence-electron chi connectivity index (χ4n) is 4.04. The summed E-state index contributed by atoms with van der Waals surface area (Å²) in [5.74, 6) is -1.94. The molecule has 6 atom stereocenters. The van der Waals surface area contributed by atoms with Gasteiger partial charge in [-0.2, -0.15) is 0 Å². The van der Waals surface area contributed by atoms with Crippen molar-refractivity contribution in [1.82, 2.24) is 0 Å². The van der Waals surface area contributed by atoms with Gasteiger partial charge in [-0.1, -0.05) is 18.2 Å². The van der Waals surface area contributed by atoms with E-state index in [-0.39, 0.29) is 6.42 Å². The van der Waals surface area contributed by atoms with Gasteiger partial charge in [0.2, 0.25) is 0 Å². The molecule has 0 unspecified atom stereocenters. The van der Waals surface area contributed by atoms with Crippen molar-refractivity contribution in [2.24, 2.45) is 11.8 Å². The van der Waals surface area contributed by atoms with Crippen LogP contribution in [0.4, 0.5) is 0 Å². The minimum absolute atomic E-state index is 0.155. The smallest absolute Gasteiger partial charge is 0.338 e. The third-order valence-electron chi connectivity index (χ3n) is 5.21. The first-order chi connectivity index (χ1) is 9.19. The van der Waals surface area contributed by atoms with Crippen LogP contribution in [0.5, 0.6) is 0 Å². The highest BCUT2D eigenvalue weighted by atomic mass is 16.6. The van der Waals surface area contributed by atoms with Gasteiger partial charge in [-0.25, -0.2) is 4.79 Å². The van der Waals surface area contributed by atoms with Gasteiger partial charge in [-0.3, -0.25) is 0 Å². The van der Waals surface area contributed by atoms with E-state index < -0.39 is 41.2 Å². The summed E-state index contributed by atoms with van der Waals surface area (Å²) in [6, 6.07) is 0. The summed E-state index contributed by atoms with van der Waals surface area (Å²) in [5.41, 5.74) is -1.50. The average molecular weight is 280 g/mol. The maximum atomic E-state index is 11.9. The average Bonchev–Trinajstić information content (AvgIpc) is 2.72. The van der Waals surface area contributed by atoms with Gasteiger partial charge in [0.1, 0.15) is 6.10 Å². The van der Waals surface area contributed by atoms with Crippen molar-refractivity contribution in [3.63, 3.8) is 0 Å². The molecule has 3 rings (SSSR count). The van der Waals surface area contributed by atoms with Crippen LogP contribution in [0, 0.1) is 11.8 Å². The predicted octanol–water partition coefficient (Wildman–Crippen LogP) is 0.297.